The van der Waals surface area contributed by atoms with Gasteiger partial charge in [-0.2, -0.15) is 0 Å². The summed E-state index contributed by atoms with van der Waals surface area (Å²) < 4.78 is 22.8. The predicted molar refractivity (Wildman–Crippen MR) is 98.1 cm³/mol. The number of carbonyl (C=O) groups is 2. The van der Waals surface area contributed by atoms with Crippen molar-refractivity contribution in [3.8, 4) is 0 Å². The van der Waals surface area contributed by atoms with E-state index in [0.717, 1.165) is 0 Å². The minimum atomic E-state index is -3.82. The van der Waals surface area contributed by atoms with E-state index in [2.05, 4.69) is 10.6 Å². The first-order valence-corrected chi connectivity index (χ1v) is 9.90. The quantitative estimate of drug-likeness (QED) is 0.660. The van der Waals surface area contributed by atoms with Crippen LogP contribution in [0, 0.1) is 0 Å². The molecule has 144 valence electrons. The number of hydrogen-bond donors (Lipinski definition) is 3. The maximum Gasteiger partial charge on any atom is 0.321 e. The van der Waals surface area contributed by atoms with Gasteiger partial charge in [0, 0.05) is 37.9 Å². The number of urea groups is 1. The Morgan fingerprint density at radius 2 is 1.85 bits per heavy atom. The summed E-state index contributed by atoms with van der Waals surface area (Å²) in [5.74, 6) is -0.0299. The number of rotatable bonds is 5. The van der Waals surface area contributed by atoms with Gasteiger partial charge in [0.15, 0.2) is 0 Å². The second kappa shape index (κ2) is 8.47. The molecular weight excluding hydrogens is 358 g/mol. The van der Waals surface area contributed by atoms with Crippen molar-refractivity contribution in [3.05, 3.63) is 24.3 Å². The molecule has 0 radical (unpaired) electrons. The van der Waals surface area contributed by atoms with Gasteiger partial charge < -0.3 is 15.5 Å². The van der Waals surface area contributed by atoms with Gasteiger partial charge in [-0.3, -0.25) is 9.69 Å². The molecule has 2 rings (SSSR count). The third-order valence-electron chi connectivity index (χ3n) is 3.89. The maximum absolute atomic E-state index is 12.3. The van der Waals surface area contributed by atoms with Gasteiger partial charge in [-0.25, -0.2) is 18.4 Å². The van der Waals surface area contributed by atoms with E-state index in [-0.39, 0.29) is 22.9 Å². The Bertz CT molecular complexity index is 758. The zero-order valence-electron chi connectivity index (χ0n) is 14.9. The van der Waals surface area contributed by atoms with Crippen LogP contribution in [0.15, 0.2) is 29.2 Å². The Morgan fingerprint density at radius 1 is 1.19 bits per heavy atom. The summed E-state index contributed by atoms with van der Waals surface area (Å²) in [4.78, 5) is 27.7. The van der Waals surface area contributed by atoms with E-state index in [0.29, 0.717) is 38.4 Å². The molecule has 0 aromatic heterocycles. The van der Waals surface area contributed by atoms with Gasteiger partial charge in [0.25, 0.3) is 0 Å². The molecule has 1 aromatic rings. The number of nitrogens with one attached hydrogen (secondary N) is 2. The average Bonchev–Trinajstić information content (AvgIpc) is 2.54. The van der Waals surface area contributed by atoms with E-state index >= 15 is 0 Å². The lowest BCUT2D eigenvalue weighted by Gasteiger charge is -2.34. The highest BCUT2D eigenvalue weighted by atomic mass is 32.2. The van der Waals surface area contributed by atoms with Gasteiger partial charge in [0.05, 0.1) is 11.4 Å². The molecule has 10 heteroatoms. The van der Waals surface area contributed by atoms with Crippen molar-refractivity contribution in [3.63, 3.8) is 0 Å². The first-order chi connectivity index (χ1) is 12.1. The Morgan fingerprint density at radius 3 is 2.42 bits per heavy atom. The molecule has 1 saturated heterocycles. The number of anilines is 1. The summed E-state index contributed by atoms with van der Waals surface area (Å²) in [7, 11) is -3.82. The number of carbonyl (C=O) groups excluding carboxylic acids is 2. The third kappa shape index (κ3) is 5.97. The molecule has 1 aliphatic heterocycles. The van der Waals surface area contributed by atoms with E-state index in [1.165, 1.54) is 18.2 Å². The second-order valence-corrected chi connectivity index (χ2v) is 8.05. The van der Waals surface area contributed by atoms with Crippen LogP contribution in [0.4, 0.5) is 10.5 Å². The number of hydrogen-bond acceptors (Lipinski definition) is 5. The van der Waals surface area contributed by atoms with Crippen molar-refractivity contribution < 1.29 is 18.0 Å². The normalized spacial score (nSPS) is 15.8. The van der Waals surface area contributed by atoms with Crippen LogP contribution in [0.25, 0.3) is 0 Å². The largest absolute Gasteiger partial charge is 0.353 e. The molecule has 4 N–H and O–H groups in total. The maximum atomic E-state index is 12.3. The number of benzene rings is 1. The van der Waals surface area contributed by atoms with Crippen LogP contribution in [0.5, 0.6) is 0 Å². The summed E-state index contributed by atoms with van der Waals surface area (Å²) in [5.41, 5.74) is 0.361. The fraction of sp³-hybridized carbons (Fsp3) is 0.500. The smallest absolute Gasteiger partial charge is 0.321 e. The highest BCUT2D eigenvalue weighted by Crippen LogP contribution is 2.15. The SMILES string of the molecule is CC(C)NC(=O)CN1CCN(C(=O)Nc2cccc(S(N)(=O)=O)c2)CC1. The van der Waals surface area contributed by atoms with Crippen LogP contribution in [0.2, 0.25) is 0 Å². The molecule has 0 spiro atoms. The van der Waals surface area contributed by atoms with Gasteiger partial charge in [0.2, 0.25) is 15.9 Å². The van der Waals surface area contributed by atoms with Gasteiger partial charge in [-0.15, -0.1) is 0 Å². The minimum absolute atomic E-state index is 0.0299. The summed E-state index contributed by atoms with van der Waals surface area (Å²) in [5, 5.41) is 10.6. The first-order valence-electron chi connectivity index (χ1n) is 8.35. The monoisotopic (exact) mass is 383 g/mol. The lowest BCUT2D eigenvalue weighted by atomic mass is 10.3. The summed E-state index contributed by atoms with van der Waals surface area (Å²) in [6.45, 7) is 6.28. The minimum Gasteiger partial charge on any atom is -0.353 e. The van der Waals surface area contributed by atoms with Crippen LogP contribution in [-0.2, 0) is 14.8 Å². The molecular formula is C16H25N5O4S. The van der Waals surface area contributed by atoms with E-state index in [1.807, 2.05) is 18.7 Å². The summed E-state index contributed by atoms with van der Waals surface area (Å²) in [6, 6.07) is 5.58. The molecule has 3 amide bonds. The topological polar surface area (TPSA) is 125 Å². The van der Waals surface area contributed by atoms with Gasteiger partial charge in [-0.05, 0) is 32.0 Å². The van der Waals surface area contributed by atoms with Crippen LogP contribution < -0.4 is 15.8 Å². The van der Waals surface area contributed by atoms with Crippen LogP contribution in [-0.4, -0.2) is 68.9 Å². The number of primary sulfonamides is 1. The molecule has 0 aliphatic carbocycles. The standard InChI is InChI=1S/C16H25N5O4S/c1-12(2)18-15(22)11-20-6-8-21(9-7-20)16(23)19-13-4-3-5-14(10-13)26(17,24)25/h3-5,10,12H,6-9,11H2,1-2H3,(H,18,22)(H,19,23)(H2,17,24,25). The van der Waals surface area contributed by atoms with Crippen molar-refractivity contribution >= 4 is 27.6 Å². The number of sulfonamides is 1. The van der Waals surface area contributed by atoms with Crippen molar-refractivity contribution in [2.24, 2.45) is 5.14 Å². The van der Waals surface area contributed by atoms with Crippen molar-refractivity contribution in [1.82, 2.24) is 15.1 Å². The fourth-order valence-electron chi connectivity index (χ4n) is 2.63. The lowest BCUT2D eigenvalue weighted by Crippen LogP contribution is -2.52. The number of nitrogens with zero attached hydrogens (tertiary/aromatic N) is 2. The van der Waals surface area contributed by atoms with E-state index in [1.54, 1.807) is 11.0 Å². The summed E-state index contributed by atoms with van der Waals surface area (Å²) in [6.07, 6.45) is 0. The molecule has 1 heterocycles. The molecule has 1 fully saturated rings. The Kier molecular flexibility index (Phi) is 6.57. The van der Waals surface area contributed by atoms with E-state index < -0.39 is 10.0 Å². The molecule has 0 unspecified atom stereocenters. The average molecular weight is 383 g/mol. The molecule has 1 aliphatic rings. The molecule has 0 saturated carbocycles. The van der Waals surface area contributed by atoms with Crippen molar-refractivity contribution in [2.45, 2.75) is 24.8 Å². The number of nitrogens with two attached hydrogens (primary N) is 1. The molecule has 0 atom stereocenters. The zero-order valence-corrected chi connectivity index (χ0v) is 15.8. The second-order valence-electron chi connectivity index (χ2n) is 6.49. The van der Waals surface area contributed by atoms with Gasteiger partial charge in [-0.1, -0.05) is 6.07 Å². The highest BCUT2D eigenvalue weighted by molar-refractivity contribution is 7.89. The van der Waals surface area contributed by atoms with Crippen LogP contribution >= 0.6 is 0 Å². The van der Waals surface area contributed by atoms with Crippen LogP contribution in [0.1, 0.15) is 13.8 Å². The number of amides is 3. The molecule has 0 bridgehead atoms. The Balaban J connectivity index is 1.86. The summed E-state index contributed by atoms with van der Waals surface area (Å²) >= 11 is 0. The van der Waals surface area contributed by atoms with Gasteiger partial charge in [0.1, 0.15) is 0 Å². The van der Waals surface area contributed by atoms with Crippen LogP contribution in [0.3, 0.4) is 0 Å². The van der Waals surface area contributed by atoms with Crippen molar-refractivity contribution in [1.29, 1.82) is 0 Å². The predicted octanol–water partition coefficient (Wildman–Crippen LogP) is 0.00810. The third-order valence-corrected chi connectivity index (χ3v) is 4.80. The first kappa shape index (κ1) is 20.1. The lowest BCUT2D eigenvalue weighted by molar-refractivity contribution is -0.123. The van der Waals surface area contributed by atoms with E-state index in [4.69, 9.17) is 5.14 Å². The Hall–Kier alpha value is -2.17. The Labute approximate surface area is 153 Å². The zero-order chi connectivity index (χ0) is 19.3. The number of piperazine rings is 1. The highest BCUT2D eigenvalue weighted by Gasteiger charge is 2.22. The van der Waals surface area contributed by atoms with E-state index in [9.17, 15) is 18.0 Å². The fourth-order valence-corrected chi connectivity index (χ4v) is 3.19. The molecule has 1 aromatic carbocycles. The van der Waals surface area contributed by atoms with Crippen molar-refractivity contribution in [2.75, 3.05) is 38.0 Å². The molecule has 26 heavy (non-hydrogen) atoms. The molecule has 9 nitrogen and oxygen atoms in total. The van der Waals surface area contributed by atoms with Gasteiger partial charge >= 0.3 is 6.03 Å².